The number of thiocarbonyl (C=S) groups is 1. The molecule has 1 saturated heterocycles. The zero-order chi connectivity index (χ0) is 18.7. The fourth-order valence-electron chi connectivity index (χ4n) is 3.43. The standard InChI is InChI=1S/C20H24N2O2S2/c1-13-8-7-11-22(12-13)20(25)21-18-17(19(23)24-3)16(14(2)26-18)15-9-5-4-6-10-15/h4-6,9-10,13H,7-8,11-12H2,1-3H3,(H,21,25)/t13-/m1/s1. The van der Waals surface area contributed by atoms with Gasteiger partial charge in [-0.3, -0.25) is 0 Å². The minimum absolute atomic E-state index is 0.342. The second-order valence-electron chi connectivity index (χ2n) is 6.72. The molecule has 0 bridgehead atoms. The van der Waals surface area contributed by atoms with E-state index in [0.29, 0.717) is 16.6 Å². The molecule has 1 N–H and O–H groups in total. The van der Waals surface area contributed by atoms with Gasteiger partial charge in [-0.25, -0.2) is 4.79 Å². The van der Waals surface area contributed by atoms with E-state index in [2.05, 4.69) is 17.1 Å². The maximum Gasteiger partial charge on any atom is 0.341 e. The van der Waals surface area contributed by atoms with Gasteiger partial charge in [0.2, 0.25) is 0 Å². The van der Waals surface area contributed by atoms with Gasteiger partial charge in [0.05, 0.1) is 7.11 Å². The Morgan fingerprint density at radius 3 is 2.73 bits per heavy atom. The van der Waals surface area contributed by atoms with E-state index >= 15 is 0 Å². The van der Waals surface area contributed by atoms with E-state index in [9.17, 15) is 4.79 Å². The predicted octanol–water partition coefficient (Wildman–Crippen LogP) is 4.94. The first-order chi connectivity index (χ1) is 12.5. The Morgan fingerprint density at radius 1 is 1.35 bits per heavy atom. The van der Waals surface area contributed by atoms with Crippen molar-refractivity contribution in [2.75, 3.05) is 25.5 Å². The van der Waals surface area contributed by atoms with Gasteiger partial charge in [-0.1, -0.05) is 37.3 Å². The summed E-state index contributed by atoms with van der Waals surface area (Å²) in [6.07, 6.45) is 2.38. The van der Waals surface area contributed by atoms with Gasteiger partial charge in [-0.15, -0.1) is 11.3 Å². The van der Waals surface area contributed by atoms with Gasteiger partial charge in [-0.05, 0) is 43.5 Å². The Balaban J connectivity index is 1.94. The van der Waals surface area contributed by atoms with E-state index in [1.807, 2.05) is 37.3 Å². The molecule has 0 saturated carbocycles. The first kappa shape index (κ1) is 18.9. The van der Waals surface area contributed by atoms with E-state index < -0.39 is 0 Å². The molecule has 2 heterocycles. The summed E-state index contributed by atoms with van der Waals surface area (Å²) < 4.78 is 5.07. The molecule has 6 heteroatoms. The van der Waals surface area contributed by atoms with Crippen LogP contribution in [0.25, 0.3) is 11.1 Å². The Labute approximate surface area is 164 Å². The average molecular weight is 389 g/mol. The van der Waals surface area contributed by atoms with Crippen molar-refractivity contribution in [3.05, 3.63) is 40.8 Å². The molecule has 0 radical (unpaired) electrons. The molecular weight excluding hydrogens is 364 g/mol. The zero-order valence-electron chi connectivity index (χ0n) is 15.4. The third-order valence-electron chi connectivity index (χ3n) is 4.70. The fourth-order valence-corrected chi connectivity index (χ4v) is 4.83. The normalized spacial score (nSPS) is 17.0. The molecule has 1 aliphatic heterocycles. The van der Waals surface area contributed by atoms with Gasteiger partial charge in [0.25, 0.3) is 0 Å². The molecule has 26 heavy (non-hydrogen) atoms. The van der Waals surface area contributed by atoms with Gasteiger partial charge in [0.15, 0.2) is 5.11 Å². The van der Waals surface area contributed by atoms with E-state index in [-0.39, 0.29) is 5.97 Å². The van der Waals surface area contributed by atoms with Crippen molar-refractivity contribution in [2.24, 2.45) is 5.92 Å². The van der Waals surface area contributed by atoms with Gasteiger partial charge >= 0.3 is 5.97 Å². The number of aryl methyl sites for hydroxylation is 1. The van der Waals surface area contributed by atoms with Crippen LogP contribution in [0.3, 0.4) is 0 Å². The summed E-state index contributed by atoms with van der Waals surface area (Å²) in [5.41, 5.74) is 2.49. The molecule has 4 nitrogen and oxygen atoms in total. The number of nitrogens with zero attached hydrogens (tertiary/aromatic N) is 1. The molecule has 0 spiro atoms. The molecule has 2 aromatic rings. The summed E-state index contributed by atoms with van der Waals surface area (Å²) in [6.45, 7) is 6.18. The quantitative estimate of drug-likeness (QED) is 0.596. The number of esters is 1. The summed E-state index contributed by atoms with van der Waals surface area (Å²) in [5.74, 6) is 0.291. The van der Waals surface area contributed by atoms with Crippen molar-refractivity contribution < 1.29 is 9.53 Å². The number of rotatable bonds is 3. The minimum atomic E-state index is -0.342. The number of nitrogens with one attached hydrogen (secondary N) is 1. The van der Waals surface area contributed by atoms with Crippen LogP contribution in [0, 0.1) is 12.8 Å². The largest absolute Gasteiger partial charge is 0.465 e. The van der Waals surface area contributed by atoms with Crippen LogP contribution in [0.1, 0.15) is 35.0 Å². The summed E-state index contributed by atoms with van der Waals surface area (Å²) in [7, 11) is 1.42. The Kier molecular flexibility index (Phi) is 5.94. The number of anilines is 1. The van der Waals surface area contributed by atoms with Crippen LogP contribution in [0.4, 0.5) is 5.00 Å². The van der Waals surface area contributed by atoms with Gasteiger partial charge in [-0.2, -0.15) is 0 Å². The third-order valence-corrected chi connectivity index (χ3v) is 6.08. The van der Waals surface area contributed by atoms with Crippen molar-refractivity contribution in [1.29, 1.82) is 0 Å². The summed E-state index contributed by atoms with van der Waals surface area (Å²) >= 11 is 7.18. The zero-order valence-corrected chi connectivity index (χ0v) is 17.0. The molecule has 1 aromatic carbocycles. The van der Waals surface area contributed by atoms with Crippen LogP contribution in [-0.4, -0.2) is 36.2 Å². The average Bonchev–Trinajstić information content (AvgIpc) is 2.97. The Bertz CT molecular complexity index is 802. The fraction of sp³-hybridized carbons (Fsp3) is 0.400. The molecule has 0 unspecified atom stereocenters. The molecule has 3 rings (SSSR count). The lowest BCUT2D eigenvalue weighted by molar-refractivity contribution is 0.0603. The number of benzene rings is 1. The first-order valence-corrected chi connectivity index (χ1v) is 10.1. The van der Waals surface area contributed by atoms with E-state index in [1.54, 1.807) is 11.3 Å². The number of hydrogen-bond acceptors (Lipinski definition) is 4. The van der Waals surface area contributed by atoms with Crippen LogP contribution in [0.5, 0.6) is 0 Å². The number of hydrogen-bond donors (Lipinski definition) is 1. The van der Waals surface area contributed by atoms with Crippen LogP contribution < -0.4 is 5.32 Å². The van der Waals surface area contributed by atoms with Crippen molar-refractivity contribution in [1.82, 2.24) is 4.90 Å². The van der Waals surface area contributed by atoms with Crippen molar-refractivity contribution in [3.8, 4) is 11.1 Å². The van der Waals surface area contributed by atoms with Crippen molar-refractivity contribution in [2.45, 2.75) is 26.7 Å². The van der Waals surface area contributed by atoms with Crippen molar-refractivity contribution >= 4 is 39.6 Å². The van der Waals surface area contributed by atoms with E-state index in [0.717, 1.165) is 40.5 Å². The highest BCUT2D eigenvalue weighted by atomic mass is 32.1. The second kappa shape index (κ2) is 8.18. The van der Waals surface area contributed by atoms with Crippen LogP contribution in [0.15, 0.2) is 30.3 Å². The lowest BCUT2D eigenvalue weighted by Gasteiger charge is -2.33. The molecule has 0 aliphatic carbocycles. The third kappa shape index (κ3) is 3.91. The van der Waals surface area contributed by atoms with Gasteiger partial charge in [0, 0.05) is 23.5 Å². The highest BCUT2D eigenvalue weighted by Gasteiger charge is 2.26. The lowest BCUT2D eigenvalue weighted by atomic mass is 10.0. The number of carbonyl (C=O) groups is 1. The maximum atomic E-state index is 12.5. The molecule has 0 amide bonds. The van der Waals surface area contributed by atoms with Crippen molar-refractivity contribution in [3.63, 3.8) is 0 Å². The summed E-state index contributed by atoms with van der Waals surface area (Å²) in [4.78, 5) is 15.8. The monoisotopic (exact) mass is 388 g/mol. The van der Waals surface area contributed by atoms with Crippen LogP contribution in [0.2, 0.25) is 0 Å². The molecular formula is C20H24N2O2S2. The first-order valence-electron chi connectivity index (χ1n) is 8.84. The SMILES string of the molecule is COC(=O)c1c(NC(=S)N2CCC[C@@H](C)C2)sc(C)c1-c1ccccc1. The number of likely N-dealkylation sites (tertiary alicyclic amines) is 1. The van der Waals surface area contributed by atoms with E-state index in [4.69, 9.17) is 17.0 Å². The number of ether oxygens (including phenoxy) is 1. The van der Waals surface area contributed by atoms with Crippen LogP contribution in [-0.2, 0) is 4.74 Å². The highest BCUT2D eigenvalue weighted by Crippen LogP contribution is 2.40. The Morgan fingerprint density at radius 2 is 2.08 bits per heavy atom. The lowest BCUT2D eigenvalue weighted by Crippen LogP contribution is -2.41. The smallest absolute Gasteiger partial charge is 0.341 e. The summed E-state index contributed by atoms with van der Waals surface area (Å²) in [6, 6.07) is 9.93. The summed E-state index contributed by atoms with van der Waals surface area (Å²) in [5, 5.41) is 4.77. The molecule has 1 fully saturated rings. The van der Waals surface area contributed by atoms with Crippen LogP contribution >= 0.6 is 23.6 Å². The second-order valence-corrected chi connectivity index (χ2v) is 8.33. The molecule has 138 valence electrons. The number of methoxy groups -OCH3 is 1. The Hall–Kier alpha value is -1.92. The van der Waals surface area contributed by atoms with E-state index in [1.165, 1.54) is 13.5 Å². The number of carbonyl (C=O) groups excluding carboxylic acids is 1. The predicted molar refractivity (Wildman–Crippen MR) is 112 cm³/mol. The van der Waals surface area contributed by atoms with Gasteiger partial charge < -0.3 is 15.0 Å². The topological polar surface area (TPSA) is 41.6 Å². The number of piperidine rings is 1. The number of thiophene rings is 1. The minimum Gasteiger partial charge on any atom is -0.465 e. The molecule has 1 aromatic heterocycles. The molecule has 1 aliphatic rings. The maximum absolute atomic E-state index is 12.5. The highest BCUT2D eigenvalue weighted by molar-refractivity contribution is 7.80. The van der Waals surface area contributed by atoms with Gasteiger partial charge in [0.1, 0.15) is 10.6 Å². The molecule has 1 atom stereocenters.